The van der Waals surface area contributed by atoms with Gasteiger partial charge in [-0.15, -0.1) is 0 Å². The number of allylic oxidation sites excluding steroid dienone is 3. The summed E-state index contributed by atoms with van der Waals surface area (Å²) in [5.41, 5.74) is 3.11. The van der Waals surface area contributed by atoms with Gasteiger partial charge >= 0.3 is 0 Å². The first-order valence-electron chi connectivity index (χ1n) is 3.89. The molecule has 0 aliphatic heterocycles. The van der Waals surface area contributed by atoms with Crippen molar-refractivity contribution in [3.63, 3.8) is 0 Å². The van der Waals surface area contributed by atoms with E-state index in [0.717, 1.165) is 0 Å². The van der Waals surface area contributed by atoms with Crippen molar-refractivity contribution < 1.29 is 0 Å². The number of rotatable bonds is 0. The molecule has 0 atom stereocenters. The topological polar surface area (TPSA) is 0 Å². The third-order valence-electron chi connectivity index (χ3n) is 2.24. The van der Waals surface area contributed by atoms with E-state index in [4.69, 9.17) is 0 Å². The van der Waals surface area contributed by atoms with Gasteiger partial charge in [0, 0.05) is 0 Å². The van der Waals surface area contributed by atoms with Crippen molar-refractivity contribution >= 4 is 0 Å². The molecular weight excluding hydrogens is 120 g/mol. The van der Waals surface area contributed by atoms with Gasteiger partial charge in [-0.25, -0.2) is 0 Å². The Morgan fingerprint density at radius 3 is 2.50 bits per heavy atom. The fraction of sp³-hybridized carbons (Fsp3) is 0.600. The Kier molecular flexibility index (Phi) is 1.72. The van der Waals surface area contributed by atoms with Gasteiger partial charge in [0.05, 0.1) is 0 Å². The largest absolute Gasteiger partial charge is 0.0956 e. The van der Waals surface area contributed by atoms with Gasteiger partial charge in [-0.3, -0.25) is 0 Å². The number of hydrogen-bond acceptors (Lipinski definition) is 0. The van der Waals surface area contributed by atoms with Crippen LogP contribution in [0.3, 0.4) is 0 Å². The van der Waals surface area contributed by atoms with Gasteiger partial charge in [-0.1, -0.05) is 37.6 Å². The summed E-state index contributed by atoms with van der Waals surface area (Å²) >= 11 is 0. The molecule has 0 unspecified atom stereocenters. The van der Waals surface area contributed by atoms with Crippen LogP contribution in [0, 0.1) is 5.41 Å². The minimum Gasteiger partial charge on any atom is -0.0956 e. The minimum absolute atomic E-state index is 0.408. The van der Waals surface area contributed by atoms with Crippen LogP contribution in [0.4, 0.5) is 0 Å². The maximum atomic E-state index is 3.99. The van der Waals surface area contributed by atoms with Gasteiger partial charge in [0.2, 0.25) is 0 Å². The Bertz CT molecular complexity index is 182. The summed E-state index contributed by atoms with van der Waals surface area (Å²) in [5.74, 6) is 0. The zero-order valence-corrected chi connectivity index (χ0v) is 7.20. The molecule has 0 aromatic heterocycles. The smallest absolute Gasteiger partial charge is 0.0166 e. The second kappa shape index (κ2) is 2.26. The molecular formula is C10H16. The standard InChI is InChI=1S/C10H16/c1-8-5-6-10(3,4)7-9(8)2/h7H,1,5-6H2,2-4H3. The normalized spacial score (nSPS) is 24.3. The Labute approximate surface area is 63.6 Å². The minimum atomic E-state index is 0.408. The van der Waals surface area contributed by atoms with E-state index >= 15 is 0 Å². The Hall–Kier alpha value is -0.520. The third-order valence-corrected chi connectivity index (χ3v) is 2.24. The molecule has 0 heteroatoms. The number of hydrogen-bond donors (Lipinski definition) is 0. The van der Waals surface area contributed by atoms with Gasteiger partial charge in [0.15, 0.2) is 0 Å². The molecule has 0 aromatic carbocycles. The van der Waals surface area contributed by atoms with Gasteiger partial charge in [0.25, 0.3) is 0 Å². The van der Waals surface area contributed by atoms with E-state index in [0.29, 0.717) is 5.41 Å². The van der Waals surface area contributed by atoms with Crippen molar-refractivity contribution in [1.29, 1.82) is 0 Å². The van der Waals surface area contributed by atoms with Crippen molar-refractivity contribution in [2.24, 2.45) is 5.41 Å². The lowest BCUT2D eigenvalue weighted by Crippen LogP contribution is -2.13. The molecule has 0 aromatic rings. The summed E-state index contributed by atoms with van der Waals surface area (Å²) in [7, 11) is 0. The molecule has 0 heterocycles. The summed E-state index contributed by atoms with van der Waals surface area (Å²) in [6.45, 7) is 10.7. The van der Waals surface area contributed by atoms with Crippen molar-refractivity contribution in [2.45, 2.75) is 33.6 Å². The lowest BCUT2D eigenvalue weighted by Gasteiger charge is -2.27. The molecule has 1 aliphatic rings. The maximum absolute atomic E-state index is 3.99. The van der Waals surface area contributed by atoms with Crippen LogP contribution in [0.2, 0.25) is 0 Å². The van der Waals surface area contributed by atoms with Crippen molar-refractivity contribution in [3.05, 3.63) is 23.8 Å². The average molecular weight is 136 g/mol. The summed E-state index contributed by atoms with van der Waals surface area (Å²) < 4.78 is 0. The molecule has 0 spiro atoms. The first-order chi connectivity index (χ1) is 4.51. The predicted molar refractivity (Wildman–Crippen MR) is 45.9 cm³/mol. The Morgan fingerprint density at radius 1 is 1.50 bits per heavy atom. The second-order valence-corrected chi connectivity index (χ2v) is 3.92. The van der Waals surface area contributed by atoms with Gasteiger partial charge in [-0.2, -0.15) is 0 Å². The van der Waals surface area contributed by atoms with E-state index in [1.165, 1.54) is 24.0 Å². The average Bonchev–Trinajstić information content (AvgIpc) is 1.79. The van der Waals surface area contributed by atoms with Crippen LogP contribution in [0.1, 0.15) is 33.6 Å². The Balaban J connectivity index is 2.86. The zero-order valence-electron chi connectivity index (χ0n) is 7.20. The molecule has 0 saturated heterocycles. The van der Waals surface area contributed by atoms with Crippen LogP contribution in [-0.2, 0) is 0 Å². The monoisotopic (exact) mass is 136 g/mol. The SMILES string of the molecule is C=C1CCC(C)(C)C=C1C. The Morgan fingerprint density at radius 2 is 2.10 bits per heavy atom. The van der Waals surface area contributed by atoms with Gasteiger partial charge in [-0.05, 0) is 25.2 Å². The van der Waals surface area contributed by atoms with Crippen molar-refractivity contribution in [1.82, 2.24) is 0 Å². The van der Waals surface area contributed by atoms with Crippen LogP contribution >= 0.6 is 0 Å². The second-order valence-electron chi connectivity index (χ2n) is 3.92. The van der Waals surface area contributed by atoms with E-state index < -0.39 is 0 Å². The van der Waals surface area contributed by atoms with Crippen LogP contribution < -0.4 is 0 Å². The third kappa shape index (κ3) is 1.50. The highest BCUT2D eigenvalue weighted by Crippen LogP contribution is 2.34. The molecule has 1 rings (SSSR count). The van der Waals surface area contributed by atoms with E-state index in [9.17, 15) is 0 Å². The molecule has 0 radical (unpaired) electrons. The van der Waals surface area contributed by atoms with E-state index in [2.05, 4.69) is 33.4 Å². The first kappa shape index (κ1) is 7.59. The summed E-state index contributed by atoms with van der Waals surface area (Å²) in [6.07, 6.45) is 4.76. The first-order valence-corrected chi connectivity index (χ1v) is 3.89. The molecule has 0 nitrogen and oxygen atoms in total. The fourth-order valence-corrected chi connectivity index (χ4v) is 1.43. The molecule has 1 aliphatic carbocycles. The van der Waals surface area contributed by atoms with E-state index in [1.807, 2.05) is 0 Å². The lowest BCUT2D eigenvalue weighted by molar-refractivity contribution is 0.423. The summed E-state index contributed by atoms with van der Waals surface area (Å²) in [4.78, 5) is 0. The van der Waals surface area contributed by atoms with E-state index in [-0.39, 0.29) is 0 Å². The van der Waals surface area contributed by atoms with Gasteiger partial charge < -0.3 is 0 Å². The quantitative estimate of drug-likeness (QED) is 0.479. The molecule has 0 N–H and O–H groups in total. The van der Waals surface area contributed by atoms with Crippen LogP contribution in [0.5, 0.6) is 0 Å². The van der Waals surface area contributed by atoms with Crippen molar-refractivity contribution in [3.8, 4) is 0 Å². The maximum Gasteiger partial charge on any atom is -0.0166 e. The molecule has 10 heavy (non-hydrogen) atoms. The van der Waals surface area contributed by atoms with Gasteiger partial charge in [0.1, 0.15) is 0 Å². The molecule has 56 valence electrons. The highest BCUT2D eigenvalue weighted by molar-refractivity contribution is 5.31. The lowest BCUT2D eigenvalue weighted by atomic mass is 9.78. The highest BCUT2D eigenvalue weighted by Gasteiger charge is 2.19. The summed E-state index contributed by atoms with van der Waals surface area (Å²) in [6, 6.07) is 0. The molecule has 0 amide bonds. The molecule has 0 bridgehead atoms. The van der Waals surface area contributed by atoms with E-state index in [1.54, 1.807) is 0 Å². The molecule has 0 saturated carbocycles. The van der Waals surface area contributed by atoms with Crippen molar-refractivity contribution in [2.75, 3.05) is 0 Å². The predicted octanol–water partition coefficient (Wildman–Crippen LogP) is 3.31. The van der Waals surface area contributed by atoms with Crippen LogP contribution in [-0.4, -0.2) is 0 Å². The summed E-state index contributed by atoms with van der Waals surface area (Å²) in [5, 5.41) is 0. The highest BCUT2D eigenvalue weighted by atomic mass is 14.2. The zero-order chi connectivity index (χ0) is 7.78. The fourth-order valence-electron chi connectivity index (χ4n) is 1.43. The van der Waals surface area contributed by atoms with Crippen LogP contribution in [0.15, 0.2) is 23.8 Å². The molecule has 0 fully saturated rings. The van der Waals surface area contributed by atoms with Crippen LogP contribution in [0.25, 0.3) is 0 Å².